The number of ketones is 2. The molecule has 0 saturated heterocycles. The normalized spacial score (nSPS) is 32.3. The third-order valence-corrected chi connectivity index (χ3v) is 6.73. The van der Waals surface area contributed by atoms with E-state index < -0.39 is 0 Å². The van der Waals surface area contributed by atoms with Gasteiger partial charge < -0.3 is 10.6 Å². The van der Waals surface area contributed by atoms with Crippen LogP contribution in [0.4, 0.5) is 0 Å². The Bertz CT molecular complexity index is 566. The number of carbonyl (C=O) groups excluding carboxylic acids is 4. The third kappa shape index (κ3) is 7.90. The van der Waals surface area contributed by atoms with E-state index >= 15 is 0 Å². The third-order valence-electron chi connectivity index (χ3n) is 6.73. The van der Waals surface area contributed by atoms with Crippen LogP contribution in [-0.4, -0.2) is 35.5 Å². The number of hydrogen-bond acceptors (Lipinski definition) is 4. The Labute approximate surface area is 175 Å². The van der Waals surface area contributed by atoms with Crippen LogP contribution in [-0.2, 0) is 19.2 Å². The predicted molar refractivity (Wildman–Crippen MR) is 112 cm³/mol. The van der Waals surface area contributed by atoms with Gasteiger partial charge in [0.25, 0.3) is 0 Å². The van der Waals surface area contributed by atoms with Crippen LogP contribution in [0.25, 0.3) is 0 Å². The minimum Gasteiger partial charge on any atom is -0.353 e. The van der Waals surface area contributed by atoms with Crippen molar-refractivity contribution in [1.29, 1.82) is 0 Å². The molecule has 2 rings (SSSR count). The summed E-state index contributed by atoms with van der Waals surface area (Å²) in [6, 6.07) is 0.369. The Morgan fingerprint density at radius 2 is 1.07 bits per heavy atom. The fourth-order valence-electron chi connectivity index (χ4n) is 5.31. The zero-order valence-corrected chi connectivity index (χ0v) is 18.5. The molecule has 0 spiro atoms. The van der Waals surface area contributed by atoms with Crippen LogP contribution in [0, 0.1) is 23.7 Å². The molecule has 0 unspecified atom stereocenters. The Hall–Kier alpha value is -1.72. The zero-order chi connectivity index (χ0) is 21.6. The molecule has 2 N–H and O–H groups in total. The van der Waals surface area contributed by atoms with Gasteiger partial charge in [-0.3, -0.25) is 19.2 Å². The van der Waals surface area contributed by atoms with E-state index in [0.717, 1.165) is 38.5 Å². The Morgan fingerprint density at radius 1 is 0.690 bits per heavy atom. The summed E-state index contributed by atoms with van der Waals surface area (Å²) in [4.78, 5) is 46.0. The van der Waals surface area contributed by atoms with Crippen molar-refractivity contribution in [2.45, 2.75) is 97.6 Å². The SMILES string of the molecule is CC(=O)CC(=O)N[C@H]1CC[C@@H](C[C@H]2CC[C@@H](NC(=O)CC(C)=O)[C@H](C)C2)C[C@H]1C. The van der Waals surface area contributed by atoms with Crippen molar-refractivity contribution >= 4 is 23.4 Å². The fourth-order valence-corrected chi connectivity index (χ4v) is 5.31. The van der Waals surface area contributed by atoms with Gasteiger partial charge in [-0.05, 0) is 82.5 Å². The zero-order valence-electron chi connectivity index (χ0n) is 18.5. The number of nitrogens with one attached hydrogen (secondary N) is 2. The summed E-state index contributed by atoms with van der Waals surface area (Å²) >= 11 is 0. The molecule has 2 fully saturated rings. The minimum atomic E-state index is -0.147. The smallest absolute Gasteiger partial charge is 0.227 e. The first kappa shape index (κ1) is 23.6. The first-order valence-electron chi connectivity index (χ1n) is 11.2. The molecule has 6 nitrogen and oxygen atoms in total. The molecule has 164 valence electrons. The summed E-state index contributed by atoms with van der Waals surface area (Å²) in [6.07, 6.45) is 7.65. The van der Waals surface area contributed by atoms with Gasteiger partial charge in [0.05, 0.1) is 12.8 Å². The highest BCUT2D eigenvalue weighted by molar-refractivity contribution is 5.97. The second-order valence-corrected chi connectivity index (χ2v) is 9.65. The van der Waals surface area contributed by atoms with Crippen LogP contribution in [0.5, 0.6) is 0 Å². The molecule has 2 aliphatic carbocycles. The van der Waals surface area contributed by atoms with E-state index in [0.29, 0.717) is 23.7 Å². The van der Waals surface area contributed by atoms with E-state index in [4.69, 9.17) is 0 Å². The van der Waals surface area contributed by atoms with Crippen molar-refractivity contribution in [1.82, 2.24) is 10.6 Å². The van der Waals surface area contributed by atoms with Crippen molar-refractivity contribution in [3.05, 3.63) is 0 Å². The topological polar surface area (TPSA) is 92.3 Å². The van der Waals surface area contributed by atoms with Crippen LogP contribution in [0.3, 0.4) is 0 Å². The molecular weight excluding hydrogens is 368 g/mol. The Balaban J connectivity index is 1.74. The van der Waals surface area contributed by atoms with Gasteiger partial charge in [0.2, 0.25) is 11.8 Å². The quantitative estimate of drug-likeness (QED) is 0.606. The van der Waals surface area contributed by atoms with E-state index in [1.807, 2.05) is 0 Å². The lowest BCUT2D eigenvalue weighted by molar-refractivity contribution is -0.129. The molecular formula is C23H38N2O4. The van der Waals surface area contributed by atoms with Crippen LogP contribution >= 0.6 is 0 Å². The molecule has 0 aliphatic heterocycles. The summed E-state index contributed by atoms with van der Waals surface area (Å²) in [5, 5.41) is 6.09. The van der Waals surface area contributed by atoms with Gasteiger partial charge in [0, 0.05) is 12.1 Å². The van der Waals surface area contributed by atoms with E-state index in [1.165, 1.54) is 20.3 Å². The maximum Gasteiger partial charge on any atom is 0.227 e. The number of hydrogen-bond donors (Lipinski definition) is 2. The van der Waals surface area contributed by atoms with Crippen molar-refractivity contribution in [3.63, 3.8) is 0 Å². The number of rotatable bonds is 8. The summed E-state index contributed by atoms with van der Waals surface area (Å²) < 4.78 is 0. The summed E-state index contributed by atoms with van der Waals surface area (Å²) in [7, 11) is 0. The standard InChI is InChI=1S/C23H38N2O4/c1-14-9-18(5-7-20(14)24-22(28)11-16(3)26)13-19-6-8-21(15(2)10-19)25-23(29)12-17(4)27/h14-15,18-21H,5-13H2,1-4H3,(H,24,28)(H,25,29)/t14-,15-,18-,19+,20+,21-/m1/s1. The van der Waals surface area contributed by atoms with Crippen molar-refractivity contribution < 1.29 is 19.2 Å². The fraction of sp³-hybridized carbons (Fsp3) is 0.826. The van der Waals surface area contributed by atoms with Crippen molar-refractivity contribution in [3.8, 4) is 0 Å². The first-order valence-corrected chi connectivity index (χ1v) is 11.2. The molecule has 6 heteroatoms. The van der Waals surface area contributed by atoms with E-state index in [9.17, 15) is 19.2 Å². The van der Waals surface area contributed by atoms with Crippen molar-refractivity contribution in [2.75, 3.05) is 0 Å². The molecule has 0 radical (unpaired) electrons. The van der Waals surface area contributed by atoms with Crippen LogP contribution in [0.1, 0.15) is 85.5 Å². The van der Waals surface area contributed by atoms with Gasteiger partial charge in [0.15, 0.2) is 0 Å². The lowest BCUT2D eigenvalue weighted by Gasteiger charge is -2.39. The highest BCUT2D eigenvalue weighted by Crippen LogP contribution is 2.39. The molecule has 2 saturated carbocycles. The molecule has 0 aromatic carbocycles. The molecule has 0 bridgehead atoms. The monoisotopic (exact) mass is 406 g/mol. The number of amides is 2. The minimum absolute atomic E-state index is 0.0171. The molecule has 0 aromatic rings. The van der Waals surface area contributed by atoms with E-state index in [2.05, 4.69) is 24.5 Å². The average Bonchev–Trinajstić information content (AvgIpc) is 2.58. The molecule has 0 aromatic heterocycles. The second-order valence-electron chi connectivity index (χ2n) is 9.65. The molecule has 29 heavy (non-hydrogen) atoms. The maximum absolute atomic E-state index is 11.9. The molecule has 0 heterocycles. The van der Waals surface area contributed by atoms with Gasteiger partial charge in [-0.25, -0.2) is 0 Å². The average molecular weight is 407 g/mol. The van der Waals surface area contributed by atoms with Gasteiger partial charge in [-0.15, -0.1) is 0 Å². The van der Waals surface area contributed by atoms with Crippen LogP contribution in [0.2, 0.25) is 0 Å². The predicted octanol–water partition coefficient (Wildman–Crippen LogP) is 3.18. The summed E-state index contributed by atoms with van der Waals surface area (Å²) in [6.45, 7) is 7.30. The lowest BCUT2D eigenvalue weighted by Crippen LogP contribution is -2.44. The van der Waals surface area contributed by atoms with Gasteiger partial charge in [-0.1, -0.05) is 13.8 Å². The van der Waals surface area contributed by atoms with Gasteiger partial charge >= 0.3 is 0 Å². The Kier molecular flexibility index (Phi) is 8.84. The van der Waals surface area contributed by atoms with Crippen LogP contribution < -0.4 is 10.6 Å². The van der Waals surface area contributed by atoms with E-state index in [1.54, 1.807) is 0 Å². The highest BCUT2D eigenvalue weighted by atomic mass is 16.2. The second kappa shape index (κ2) is 10.9. The lowest BCUT2D eigenvalue weighted by atomic mass is 9.70. The van der Waals surface area contributed by atoms with E-state index in [-0.39, 0.29) is 48.3 Å². The van der Waals surface area contributed by atoms with Crippen LogP contribution in [0.15, 0.2) is 0 Å². The van der Waals surface area contributed by atoms with Crippen molar-refractivity contribution in [2.24, 2.45) is 23.7 Å². The molecule has 2 amide bonds. The van der Waals surface area contributed by atoms with Gasteiger partial charge in [-0.2, -0.15) is 0 Å². The largest absolute Gasteiger partial charge is 0.353 e. The van der Waals surface area contributed by atoms with Gasteiger partial charge in [0.1, 0.15) is 11.6 Å². The number of carbonyl (C=O) groups is 4. The maximum atomic E-state index is 11.9. The first-order chi connectivity index (χ1) is 13.6. The number of Topliss-reactive ketones (excluding diaryl/α,β-unsaturated/α-hetero) is 2. The highest BCUT2D eigenvalue weighted by Gasteiger charge is 2.33. The molecule has 6 atom stereocenters. The Morgan fingerprint density at radius 3 is 1.38 bits per heavy atom. The summed E-state index contributed by atoms with van der Waals surface area (Å²) in [5.74, 6) is 1.77. The summed E-state index contributed by atoms with van der Waals surface area (Å²) in [5.41, 5.74) is 0. The molecule has 2 aliphatic rings.